The Labute approximate surface area is 395 Å². The van der Waals surface area contributed by atoms with Crippen LogP contribution in [0.2, 0.25) is 0 Å². The molecule has 2 heteroatoms. The first-order chi connectivity index (χ1) is 33.7. The fourth-order valence-electron chi connectivity index (χ4n) is 10.2. The van der Waals surface area contributed by atoms with Gasteiger partial charge in [-0.25, -0.2) is 0 Å². The van der Waals surface area contributed by atoms with E-state index in [4.69, 9.17) is 4.42 Å². The second-order valence-corrected chi connectivity index (χ2v) is 17.7. The molecule has 2 nitrogen and oxygen atoms in total. The zero-order valence-corrected chi connectivity index (χ0v) is 37.2. The van der Waals surface area contributed by atoms with Crippen LogP contribution in [0.15, 0.2) is 265 Å². The summed E-state index contributed by atoms with van der Waals surface area (Å²) < 4.78 is 6.58. The van der Waals surface area contributed by atoms with Crippen LogP contribution in [-0.2, 0) is 0 Å². The second-order valence-electron chi connectivity index (χ2n) is 17.7. The van der Waals surface area contributed by atoms with E-state index in [0.717, 1.165) is 61.1 Å². The monoisotopic (exact) mass is 865 g/mol. The molecular formula is C66H43NO. The van der Waals surface area contributed by atoms with Crippen molar-refractivity contribution in [3.63, 3.8) is 0 Å². The van der Waals surface area contributed by atoms with Crippen molar-refractivity contribution in [3.05, 3.63) is 261 Å². The molecule has 0 radical (unpaired) electrons. The van der Waals surface area contributed by atoms with Crippen LogP contribution in [-0.4, -0.2) is 0 Å². The van der Waals surface area contributed by atoms with Crippen molar-refractivity contribution >= 4 is 71.3 Å². The molecule has 0 atom stereocenters. The summed E-state index contributed by atoms with van der Waals surface area (Å²) in [7, 11) is 0. The predicted molar refractivity (Wildman–Crippen MR) is 288 cm³/mol. The molecular weight excluding hydrogens is 823 g/mol. The van der Waals surface area contributed by atoms with Gasteiger partial charge in [-0.05, 0) is 155 Å². The zero-order valence-electron chi connectivity index (χ0n) is 37.2. The first-order valence-corrected chi connectivity index (χ1v) is 23.3. The van der Waals surface area contributed by atoms with E-state index in [2.05, 4.69) is 266 Å². The van der Waals surface area contributed by atoms with Crippen LogP contribution in [0.4, 0.5) is 17.1 Å². The Hall–Kier alpha value is -8.98. The lowest BCUT2D eigenvalue weighted by atomic mass is 9.93. The molecule has 0 aliphatic rings. The normalized spacial score (nSPS) is 11.5. The highest BCUT2D eigenvalue weighted by atomic mass is 16.3. The number of hydrogen-bond donors (Lipinski definition) is 0. The van der Waals surface area contributed by atoms with Crippen LogP contribution in [0, 0.1) is 0 Å². The van der Waals surface area contributed by atoms with Crippen molar-refractivity contribution in [2.75, 3.05) is 4.90 Å². The summed E-state index contributed by atoms with van der Waals surface area (Å²) in [5, 5.41) is 9.63. The number of furan rings is 1. The lowest BCUT2D eigenvalue weighted by molar-refractivity contribution is 0.673. The highest BCUT2D eigenvalue weighted by molar-refractivity contribution is 6.19. The van der Waals surface area contributed by atoms with Crippen LogP contribution in [0.1, 0.15) is 0 Å². The van der Waals surface area contributed by atoms with Crippen LogP contribution in [0.3, 0.4) is 0 Å². The lowest BCUT2D eigenvalue weighted by Gasteiger charge is -2.26. The molecule has 0 N–H and O–H groups in total. The van der Waals surface area contributed by atoms with Crippen molar-refractivity contribution in [3.8, 4) is 55.6 Å². The Kier molecular flexibility index (Phi) is 9.54. The molecule has 13 rings (SSSR count). The molecule has 13 aromatic rings. The van der Waals surface area contributed by atoms with Gasteiger partial charge < -0.3 is 9.32 Å². The van der Waals surface area contributed by atoms with Crippen molar-refractivity contribution in [2.24, 2.45) is 0 Å². The molecule has 1 heterocycles. The lowest BCUT2D eigenvalue weighted by Crippen LogP contribution is -2.09. The highest BCUT2D eigenvalue weighted by Crippen LogP contribution is 2.43. The molecule has 318 valence electrons. The summed E-state index contributed by atoms with van der Waals surface area (Å²) >= 11 is 0. The summed E-state index contributed by atoms with van der Waals surface area (Å²) in [5.74, 6) is 0. The Morgan fingerprint density at radius 3 is 1.31 bits per heavy atom. The molecule has 12 aromatic carbocycles. The zero-order chi connectivity index (χ0) is 45.0. The van der Waals surface area contributed by atoms with Crippen molar-refractivity contribution in [2.45, 2.75) is 0 Å². The van der Waals surface area contributed by atoms with Crippen molar-refractivity contribution in [1.29, 1.82) is 0 Å². The first kappa shape index (κ1) is 39.4. The number of rotatable bonds is 8. The van der Waals surface area contributed by atoms with Gasteiger partial charge in [-0.3, -0.25) is 0 Å². The summed E-state index contributed by atoms with van der Waals surface area (Å²) in [6.45, 7) is 0. The minimum absolute atomic E-state index is 0.893. The Morgan fingerprint density at radius 2 is 0.691 bits per heavy atom. The third-order valence-electron chi connectivity index (χ3n) is 13.6. The van der Waals surface area contributed by atoms with Gasteiger partial charge in [0.25, 0.3) is 0 Å². The molecule has 0 aliphatic heterocycles. The first-order valence-electron chi connectivity index (χ1n) is 23.3. The van der Waals surface area contributed by atoms with E-state index in [1.807, 2.05) is 0 Å². The highest BCUT2D eigenvalue weighted by Gasteiger charge is 2.18. The average molecular weight is 866 g/mol. The molecule has 0 spiro atoms. The molecule has 0 bridgehead atoms. The molecule has 68 heavy (non-hydrogen) atoms. The summed E-state index contributed by atoms with van der Waals surface area (Å²) in [4.78, 5) is 2.36. The van der Waals surface area contributed by atoms with Gasteiger partial charge in [0.15, 0.2) is 0 Å². The van der Waals surface area contributed by atoms with Crippen LogP contribution in [0.25, 0.3) is 110 Å². The fraction of sp³-hybridized carbons (Fsp3) is 0. The van der Waals surface area contributed by atoms with Gasteiger partial charge in [0, 0.05) is 33.2 Å². The van der Waals surface area contributed by atoms with Gasteiger partial charge in [0.05, 0.1) is 0 Å². The number of anilines is 3. The second kappa shape index (κ2) is 16.5. The molecule has 0 saturated carbocycles. The van der Waals surface area contributed by atoms with Gasteiger partial charge in [0.1, 0.15) is 11.2 Å². The van der Waals surface area contributed by atoms with Gasteiger partial charge in [-0.1, -0.05) is 188 Å². The molecule has 0 fully saturated rings. The standard InChI is InChI=1S/C66H43NO/c1-3-12-44(13-4-1)53-41-54(45-14-5-2-6-15-45)43-55(42-53)47-26-34-57(35-27-47)67(56-32-24-46(25-33-56)51-31-38-60-52(40-51)23-22-48-16-7-9-18-59(48)60)58-36-28-50(29-37-58)61-20-11-21-64-65(61)63-39-30-49-17-8-10-19-62(49)66(63)68-64/h1-43H. The number of benzene rings is 12. The maximum atomic E-state index is 6.58. The van der Waals surface area contributed by atoms with Gasteiger partial charge in [-0.15, -0.1) is 0 Å². The minimum Gasteiger partial charge on any atom is -0.455 e. The average Bonchev–Trinajstić information content (AvgIpc) is 3.82. The van der Waals surface area contributed by atoms with Crippen LogP contribution in [0.5, 0.6) is 0 Å². The van der Waals surface area contributed by atoms with E-state index in [9.17, 15) is 0 Å². The van der Waals surface area contributed by atoms with E-state index >= 15 is 0 Å². The van der Waals surface area contributed by atoms with E-state index in [-0.39, 0.29) is 0 Å². The summed E-state index contributed by atoms with van der Waals surface area (Å²) in [6, 6.07) is 94.4. The van der Waals surface area contributed by atoms with Crippen LogP contribution < -0.4 is 4.90 Å². The molecule has 1 aromatic heterocycles. The van der Waals surface area contributed by atoms with E-state index in [1.165, 1.54) is 65.9 Å². The van der Waals surface area contributed by atoms with Crippen LogP contribution >= 0.6 is 0 Å². The van der Waals surface area contributed by atoms with Gasteiger partial charge >= 0.3 is 0 Å². The van der Waals surface area contributed by atoms with Gasteiger partial charge in [-0.2, -0.15) is 0 Å². The quantitative estimate of drug-likeness (QED) is 0.142. The summed E-state index contributed by atoms with van der Waals surface area (Å²) in [6.07, 6.45) is 0. The van der Waals surface area contributed by atoms with E-state index in [1.54, 1.807) is 0 Å². The van der Waals surface area contributed by atoms with Crippen molar-refractivity contribution in [1.82, 2.24) is 0 Å². The SMILES string of the molecule is c1ccc(-c2cc(-c3ccccc3)cc(-c3ccc(N(c4ccc(-c5ccc6c(ccc7ccccc76)c5)cc4)c4ccc(-c5cccc6oc7c8ccccc8ccc7c56)cc4)cc3)c2)cc1. The molecule has 0 saturated heterocycles. The predicted octanol–water partition coefficient (Wildman–Crippen LogP) is 18.9. The summed E-state index contributed by atoms with van der Waals surface area (Å²) in [5.41, 5.74) is 16.8. The molecule has 0 amide bonds. The smallest absolute Gasteiger partial charge is 0.143 e. The Bertz CT molecular complexity index is 3930. The number of nitrogens with zero attached hydrogens (tertiary/aromatic N) is 1. The topological polar surface area (TPSA) is 16.4 Å². The third-order valence-corrected chi connectivity index (χ3v) is 13.6. The molecule has 0 aliphatic carbocycles. The Morgan fingerprint density at radius 1 is 0.250 bits per heavy atom. The number of fused-ring (bicyclic) bond motifs is 8. The minimum atomic E-state index is 0.893. The van der Waals surface area contributed by atoms with Crippen molar-refractivity contribution < 1.29 is 4.42 Å². The van der Waals surface area contributed by atoms with E-state index in [0.29, 0.717) is 0 Å². The van der Waals surface area contributed by atoms with Gasteiger partial charge in [0.2, 0.25) is 0 Å². The fourth-order valence-corrected chi connectivity index (χ4v) is 10.2. The van der Waals surface area contributed by atoms with E-state index < -0.39 is 0 Å². The Balaban J connectivity index is 0.899. The largest absolute Gasteiger partial charge is 0.455 e. The third kappa shape index (κ3) is 6.99. The number of hydrogen-bond acceptors (Lipinski definition) is 2. The molecule has 0 unspecified atom stereocenters. The maximum absolute atomic E-state index is 6.58. The maximum Gasteiger partial charge on any atom is 0.143 e.